The van der Waals surface area contributed by atoms with Gasteiger partial charge in [0.1, 0.15) is 5.69 Å². The van der Waals surface area contributed by atoms with E-state index in [0.29, 0.717) is 12.2 Å². The minimum absolute atomic E-state index is 0.00460. The fourth-order valence-electron chi connectivity index (χ4n) is 1.60. The zero-order chi connectivity index (χ0) is 14.3. The number of carbonyl (C=O) groups is 2. The highest BCUT2D eigenvalue weighted by atomic mass is 32.2. The summed E-state index contributed by atoms with van der Waals surface area (Å²) in [5.41, 5.74) is 0.967. The lowest BCUT2D eigenvalue weighted by molar-refractivity contribution is 0.0692. The van der Waals surface area contributed by atoms with E-state index in [9.17, 15) is 9.59 Å². The molecule has 0 unspecified atom stereocenters. The van der Waals surface area contributed by atoms with Crippen molar-refractivity contribution >= 4 is 29.4 Å². The molecule has 106 valence electrons. The molecule has 0 aliphatic carbocycles. The summed E-state index contributed by atoms with van der Waals surface area (Å²) in [6.07, 6.45) is 4.00. The fourth-order valence-corrected chi connectivity index (χ4v) is 2.09. The Morgan fingerprint density at radius 3 is 2.79 bits per heavy atom. The van der Waals surface area contributed by atoms with Gasteiger partial charge >= 0.3 is 12.0 Å². The quantitative estimate of drug-likeness (QED) is 0.578. The molecule has 19 heavy (non-hydrogen) atoms. The molecular weight excluding hydrogens is 266 g/mol. The molecule has 0 aliphatic rings. The number of carbonyl (C=O) groups excluding carboxylic acids is 1. The van der Waals surface area contributed by atoms with Crippen LogP contribution >= 0.6 is 11.8 Å². The van der Waals surface area contributed by atoms with Gasteiger partial charge in [-0.25, -0.2) is 9.59 Å². The van der Waals surface area contributed by atoms with Gasteiger partial charge in [0.15, 0.2) is 0 Å². The van der Waals surface area contributed by atoms with Crippen molar-refractivity contribution in [3.05, 3.63) is 17.5 Å². The number of aromatic amines is 1. The van der Waals surface area contributed by atoms with Crippen LogP contribution in [-0.2, 0) is 0 Å². The summed E-state index contributed by atoms with van der Waals surface area (Å²) in [6, 6.07) is 1.21. The van der Waals surface area contributed by atoms with Crippen molar-refractivity contribution in [2.75, 3.05) is 23.9 Å². The molecule has 0 aliphatic heterocycles. The molecule has 4 N–H and O–H groups in total. The number of H-pyrrole nitrogens is 1. The monoisotopic (exact) mass is 285 g/mol. The summed E-state index contributed by atoms with van der Waals surface area (Å²) in [6.45, 7) is 2.32. The maximum absolute atomic E-state index is 11.6. The molecule has 0 saturated heterocycles. The number of amides is 2. The van der Waals surface area contributed by atoms with Gasteiger partial charge in [-0.15, -0.1) is 0 Å². The fraction of sp³-hybridized carbons (Fsp3) is 0.500. The number of urea groups is 1. The highest BCUT2D eigenvalue weighted by Gasteiger charge is 2.14. The molecule has 1 aromatic rings. The Morgan fingerprint density at radius 1 is 1.42 bits per heavy atom. The third-order valence-corrected chi connectivity index (χ3v) is 3.17. The lowest BCUT2D eigenvalue weighted by atomic mass is 10.3. The van der Waals surface area contributed by atoms with Crippen molar-refractivity contribution in [3.8, 4) is 0 Å². The number of nitrogens with one attached hydrogen (secondary N) is 3. The maximum atomic E-state index is 11.6. The third kappa shape index (κ3) is 5.25. The van der Waals surface area contributed by atoms with E-state index in [0.717, 1.165) is 18.6 Å². The molecule has 0 radical (unpaired) electrons. The Morgan fingerprint density at radius 2 is 2.16 bits per heavy atom. The van der Waals surface area contributed by atoms with Crippen LogP contribution in [0.1, 0.15) is 29.0 Å². The summed E-state index contributed by atoms with van der Waals surface area (Å²) < 4.78 is 0. The molecule has 6 nitrogen and oxygen atoms in total. The van der Waals surface area contributed by atoms with E-state index in [1.165, 1.54) is 0 Å². The van der Waals surface area contributed by atoms with E-state index in [2.05, 4.69) is 15.6 Å². The van der Waals surface area contributed by atoms with Gasteiger partial charge in [-0.2, -0.15) is 11.8 Å². The van der Waals surface area contributed by atoms with E-state index in [1.807, 2.05) is 6.26 Å². The van der Waals surface area contributed by atoms with Crippen molar-refractivity contribution < 1.29 is 14.7 Å². The molecule has 7 heteroatoms. The number of aryl methyl sites for hydroxylation is 1. The number of rotatable bonds is 7. The van der Waals surface area contributed by atoms with Crippen LogP contribution in [-0.4, -0.2) is 40.6 Å². The second-order valence-electron chi connectivity index (χ2n) is 4.13. The first-order chi connectivity index (χ1) is 9.04. The Balaban J connectivity index is 2.42. The number of unbranched alkanes of at least 4 members (excludes halogenated alkanes) is 1. The highest BCUT2D eigenvalue weighted by molar-refractivity contribution is 7.98. The highest BCUT2D eigenvalue weighted by Crippen LogP contribution is 2.16. The van der Waals surface area contributed by atoms with Crippen LogP contribution < -0.4 is 10.6 Å². The van der Waals surface area contributed by atoms with Crippen molar-refractivity contribution in [2.24, 2.45) is 0 Å². The van der Waals surface area contributed by atoms with Gasteiger partial charge in [0.05, 0.1) is 5.69 Å². The van der Waals surface area contributed by atoms with Crippen molar-refractivity contribution in [1.29, 1.82) is 0 Å². The van der Waals surface area contributed by atoms with Gasteiger partial charge in [-0.1, -0.05) is 0 Å². The van der Waals surface area contributed by atoms with E-state index >= 15 is 0 Å². The van der Waals surface area contributed by atoms with E-state index in [-0.39, 0.29) is 17.4 Å². The molecule has 0 spiro atoms. The molecule has 0 bridgehead atoms. The standard InChI is InChI=1S/C12H19N3O3S/c1-8-7-9(10(14-8)11(16)17)15-12(18)13-5-3-4-6-19-2/h7,14H,3-6H2,1-2H3,(H,16,17)(H2,13,15,18). The van der Waals surface area contributed by atoms with Crippen molar-refractivity contribution in [2.45, 2.75) is 19.8 Å². The summed E-state index contributed by atoms with van der Waals surface area (Å²) in [7, 11) is 0. The molecule has 0 atom stereocenters. The minimum atomic E-state index is -1.09. The number of carboxylic acid groups (broad SMARTS) is 1. The molecule has 0 aromatic carbocycles. The van der Waals surface area contributed by atoms with Gasteiger partial charge in [0, 0.05) is 12.2 Å². The van der Waals surface area contributed by atoms with Crippen LogP contribution in [0.25, 0.3) is 0 Å². The third-order valence-electron chi connectivity index (χ3n) is 2.48. The number of carboxylic acids is 1. The molecule has 0 fully saturated rings. The smallest absolute Gasteiger partial charge is 0.354 e. The Bertz CT molecular complexity index is 445. The first-order valence-electron chi connectivity index (χ1n) is 6.01. The number of hydrogen-bond donors (Lipinski definition) is 4. The Labute approximate surface area is 116 Å². The van der Waals surface area contributed by atoms with Crippen molar-refractivity contribution in [3.63, 3.8) is 0 Å². The number of anilines is 1. The van der Waals surface area contributed by atoms with E-state index in [1.54, 1.807) is 24.8 Å². The van der Waals surface area contributed by atoms with E-state index in [4.69, 9.17) is 5.11 Å². The largest absolute Gasteiger partial charge is 0.477 e. The number of aromatic nitrogens is 1. The zero-order valence-electron chi connectivity index (χ0n) is 11.1. The number of aromatic carboxylic acids is 1. The molecule has 0 saturated carbocycles. The SMILES string of the molecule is CSCCCCNC(=O)Nc1cc(C)[nH]c1C(=O)O. The first kappa shape index (κ1) is 15.4. The van der Waals surface area contributed by atoms with Crippen LogP contribution in [0, 0.1) is 6.92 Å². The Hall–Kier alpha value is -1.63. The van der Waals surface area contributed by atoms with Crippen LogP contribution in [0.3, 0.4) is 0 Å². The van der Waals surface area contributed by atoms with Gasteiger partial charge in [-0.05, 0) is 37.8 Å². The van der Waals surface area contributed by atoms with Crippen LogP contribution in [0.4, 0.5) is 10.5 Å². The molecule has 2 amide bonds. The van der Waals surface area contributed by atoms with Crippen LogP contribution in [0.2, 0.25) is 0 Å². The minimum Gasteiger partial charge on any atom is -0.477 e. The topological polar surface area (TPSA) is 94.2 Å². The number of hydrogen-bond acceptors (Lipinski definition) is 3. The average Bonchev–Trinajstić information content (AvgIpc) is 2.70. The summed E-state index contributed by atoms with van der Waals surface area (Å²) in [4.78, 5) is 25.2. The van der Waals surface area contributed by atoms with Gasteiger partial charge < -0.3 is 20.7 Å². The van der Waals surface area contributed by atoms with E-state index < -0.39 is 5.97 Å². The zero-order valence-corrected chi connectivity index (χ0v) is 11.9. The molecule has 1 rings (SSSR count). The molecule has 1 heterocycles. The molecule has 1 aromatic heterocycles. The predicted octanol–water partition coefficient (Wildman–Crippen LogP) is 2.29. The van der Waals surface area contributed by atoms with Gasteiger partial charge in [-0.3, -0.25) is 0 Å². The second-order valence-corrected chi connectivity index (χ2v) is 5.11. The lowest BCUT2D eigenvalue weighted by Crippen LogP contribution is -2.30. The molecular formula is C12H19N3O3S. The Kier molecular flexibility index (Phi) is 6.27. The van der Waals surface area contributed by atoms with Crippen molar-refractivity contribution in [1.82, 2.24) is 10.3 Å². The lowest BCUT2D eigenvalue weighted by Gasteiger charge is -2.06. The maximum Gasteiger partial charge on any atom is 0.354 e. The van der Waals surface area contributed by atoms with Crippen LogP contribution in [0.5, 0.6) is 0 Å². The average molecular weight is 285 g/mol. The first-order valence-corrected chi connectivity index (χ1v) is 7.40. The summed E-state index contributed by atoms with van der Waals surface area (Å²) in [5, 5.41) is 14.2. The summed E-state index contributed by atoms with van der Waals surface area (Å²) >= 11 is 1.77. The predicted molar refractivity (Wildman–Crippen MR) is 77.1 cm³/mol. The normalized spacial score (nSPS) is 10.2. The number of thioether (sulfide) groups is 1. The van der Waals surface area contributed by atoms with Crippen LogP contribution in [0.15, 0.2) is 6.07 Å². The van der Waals surface area contributed by atoms with Gasteiger partial charge in [0.25, 0.3) is 0 Å². The summed E-state index contributed by atoms with van der Waals surface area (Å²) in [5.74, 6) is -0.0212. The van der Waals surface area contributed by atoms with Gasteiger partial charge in [0.2, 0.25) is 0 Å². The second kappa shape index (κ2) is 7.73.